The summed E-state index contributed by atoms with van der Waals surface area (Å²) in [7, 11) is 1.70. The molecule has 4 nitrogen and oxygen atoms in total. The van der Waals surface area contributed by atoms with E-state index >= 15 is 0 Å². The summed E-state index contributed by atoms with van der Waals surface area (Å²) in [6, 6.07) is 0. The van der Waals surface area contributed by atoms with Gasteiger partial charge in [-0.1, -0.05) is 0 Å². The third-order valence-electron chi connectivity index (χ3n) is 2.92. The lowest BCUT2D eigenvalue weighted by Gasteiger charge is -2.07. The van der Waals surface area contributed by atoms with E-state index in [-0.39, 0.29) is 5.38 Å². The molecule has 0 amide bonds. The Hall–Kier alpha value is -0.580. The minimum atomic E-state index is 0.00127. The average Bonchev–Trinajstić information content (AvgIpc) is 2.59. The normalized spacial score (nSPS) is 12.9. The Kier molecular flexibility index (Phi) is 6.68. The Bertz CT molecular complexity index is 364. The summed E-state index contributed by atoms with van der Waals surface area (Å²) in [6.45, 7) is 8.94. The zero-order chi connectivity index (χ0) is 13.5. The van der Waals surface area contributed by atoms with E-state index in [0.717, 1.165) is 43.1 Å². The summed E-state index contributed by atoms with van der Waals surface area (Å²) < 4.78 is 12.5. The first-order valence-corrected chi connectivity index (χ1v) is 6.76. The molecule has 1 heterocycles. The molecule has 1 atom stereocenters. The highest BCUT2D eigenvalue weighted by Crippen LogP contribution is 2.25. The van der Waals surface area contributed by atoms with Crippen molar-refractivity contribution in [3.63, 3.8) is 0 Å². The van der Waals surface area contributed by atoms with E-state index in [2.05, 4.69) is 12.0 Å². The van der Waals surface area contributed by atoms with Crippen LogP contribution in [0.15, 0.2) is 0 Å². The zero-order valence-corrected chi connectivity index (χ0v) is 12.5. The first kappa shape index (κ1) is 15.5. The van der Waals surface area contributed by atoms with Crippen LogP contribution in [-0.4, -0.2) is 36.7 Å². The van der Waals surface area contributed by atoms with Crippen molar-refractivity contribution in [1.29, 1.82) is 0 Å². The number of rotatable bonds is 8. The Balaban J connectivity index is 2.41. The van der Waals surface area contributed by atoms with Crippen molar-refractivity contribution in [3.8, 4) is 0 Å². The van der Waals surface area contributed by atoms with Crippen molar-refractivity contribution in [2.24, 2.45) is 0 Å². The van der Waals surface area contributed by atoms with Gasteiger partial charge in [0, 0.05) is 31.6 Å². The van der Waals surface area contributed by atoms with Crippen LogP contribution in [0, 0.1) is 13.8 Å². The molecule has 0 aromatic carbocycles. The molecule has 0 N–H and O–H groups in total. The van der Waals surface area contributed by atoms with Gasteiger partial charge in [0.1, 0.15) is 0 Å². The lowest BCUT2D eigenvalue weighted by molar-refractivity contribution is 0.0958. The van der Waals surface area contributed by atoms with Gasteiger partial charge in [-0.2, -0.15) is 5.10 Å². The minimum Gasteiger partial charge on any atom is -0.385 e. The van der Waals surface area contributed by atoms with Gasteiger partial charge < -0.3 is 9.47 Å². The van der Waals surface area contributed by atoms with Gasteiger partial charge in [0.05, 0.1) is 24.2 Å². The number of halogens is 1. The van der Waals surface area contributed by atoms with Crippen LogP contribution in [0.2, 0.25) is 0 Å². The van der Waals surface area contributed by atoms with Crippen molar-refractivity contribution < 1.29 is 9.47 Å². The van der Waals surface area contributed by atoms with Gasteiger partial charge in [-0.05, 0) is 27.2 Å². The maximum Gasteiger partial charge on any atom is 0.0662 e. The van der Waals surface area contributed by atoms with Gasteiger partial charge in [0.15, 0.2) is 0 Å². The third kappa shape index (κ3) is 4.26. The number of ether oxygens (including phenoxy) is 2. The number of hydrogen-bond acceptors (Lipinski definition) is 3. The van der Waals surface area contributed by atoms with Gasteiger partial charge in [-0.25, -0.2) is 0 Å². The fraction of sp³-hybridized carbons (Fsp3) is 0.769. The highest BCUT2D eigenvalue weighted by Gasteiger charge is 2.15. The summed E-state index contributed by atoms with van der Waals surface area (Å²) in [5, 5.41) is 4.49. The van der Waals surface area contributed by atoms with Crippen LogP contribution >= 0.6 is 11.6 Å². The highest BCUT2D eigenvalue weighted by molar-refractivity contribution is 6.20. The summed E-state index contributed by atoms with van der Waals surface area (Å²) in [5.74, 6) is 0. The smallest absolute Gasteiger partial charge is 0.0662 e. The van der Waals surface area contributed by atoms with Crippen LogP contribution in [-0.2, 0) is 16.0 Å². The second-order valence-corrected chi connectivity index (χ2v) is 5.04. The van der Waals surface area contributed by atoms with Crippen molar-refractivity contribution in [3.05, 3.63) is 17.0 Å². The first-order valence-electron chi connectivity index (χ1n) is 6.32. The average molecular weight is 275 g/mol. The summed E-state index contributed by atoms with van der Waals surface area (Å²) in [6.07, 6.45) is 0.928. The van der Waals surface area contributed by atoms with E-state index in [4.69, 9.17) is 21.1 Å². The van der Waals surface area contributed by atoms with Gasteiger partial charge >= 0.3 is 0 Å². The quantitative estimate of drug-likeness (QED) is 0.540. The zero-order valence-electron chi connectivity index (χ0n) is 11.7. The summed E-state index contributed by atoms with van der Waals surface area (Å²) >= 11 is 6.15. The van der Waals surface area contributed by atoms with Gasteiger partial charge in [0.25, 0.3) is 0 Å². The van der Waals surface area contributed by atoms with E-state index in [1.165, 1.54) is 0 Å². The van der Waals surface area contributed by atoms with Crippen molar-refractivity contribution >= 4 is 11.6 Å². The molecular formula is C13H23ClN2O2. The molecule has 104 valence electrons. The monoisotopic (exact) mass is 274 g/mol. The Morgan fingerprint density at radius 1 is 1.28 bits per heavy atom. The van der Waals surface area contributed by atoms with E-state index in [0.29, 0.717) is 6.61 Å². The van der Waals surface area contributed by atoms with E-state index in [1.54, 1.807) is 7.11 Å². The molecule has 0 aliphatic carbocycles. The van der Waals surface area contributed by atoms with E-state index < -0.39 is 0 Å². The number of aromatic nitrogens is 2. The van der Waals surface area contributed by atoms with Crippen LogP contribution in [0.1, 0.15) is 35.7 Å². The molecule has 0 bridgehead atoms. The molecule has 1 aromatic rings. The second-order valence-electron chi connectivity index (χ2n) is 4.38. The molecular weight excluding hydrogens is 252 g/mol. The molecule has 0 spiro atoms. The minimum absolute atomic E-state index is 0.00127. The number of aryl methyl sites for hydroxylation is 1. The fourth-order valence-electron chi connectivity index (χ4n) is 2.06. The molecule has 0 radical (unpaired) electrons. The molecule has 0 saturated carbocycles. The molecule has 18 heavy (non-hydrogen) atoms. The number of nitrogens with zero attached hydrogens (tertiary/aromatic N) is 2. The van der Waals surface area contributed by atoms with Gasteiger partial charge in [-0.3, -0.25) is 4.68 Å². The molecule has 1 aromatic heterocycles. The maximum absolute atomic E-state index is 6.15. The number of hydrogen-bond donors (Lipinski definition) is 0. The SMILES string of the molecule is COCCCOCCn1nc(C)c(C(C)Cl)c1C. The molecule has 5 heteroatoms. The second kappa shape index (κ2) is 7.77. The lowest BCUT2D eigenvalue weighted by Crippen LogP contribution is -2.10. The molecule has 0 saturated heterocycles. The first-order chi connectivity index (χ1) is 8.57. The largest absolute Gasteiger partial charge is 0.385 e. The Labute approximate surface area is 114 Å². The fourth-order valence-corrected chi connectivity index (χ4v) is 2.38. The van der Waals surface area contributed by atoms with Crippen molar-refractivity contribution in [2.75, 3.05) is 26.9 Å². The molecule has 0 aliphatic heterocycles. The molecule has 1 unspecified atom stereocenters. The van der Waals surface area contributed by atoms with Crippen LogP contribution in [0.3, 0.4) is 0 Å². The van der Waals surface area contributed by atoms with Crippen LogP contribution < -0.4 is 0 Å². The number of methoxy groups -OCH3 is 1. The number of alkyl halides is 1. The molecule has 1 rings (SSSR count). The summed E-state index contributed by atoms with van der Waals surface area (Å²) in [4.78, 5) is 0. The van der Waals surface area contributed by atoms with Crippen LogP contribution in [0.5, 0.6) is 0 Å². The lowest BCUT2D eigenvalue weighted by atomic mass is 10.1. The Morgan fingerprint density at radius 3 is 2.56 bits per heavy atom. The van der Waals surface area contributed by atoms with Crippen LogP contribution in [0.4, 0.5) is 0 Å². The van der Waals surface area contributed by atoms with Crippen LogP contribution in [0.25, 0.3) is 0 Å². The summed E-state index contributed by atoms with van der Waals surface area (Å²) in [5.41, 5.74) is 3.28. The molecule has 0 fully saturated rings. The third-order valence-corrected chi connectivity index (χ3v) is 3.14. The van der Waals surface area contributed by atoms with Crippen molar-refractivity contribution in [2.45, 2.75) is 39.1 Å². The van der Waals surface area contributed by atoms with E-state index in [1.807, 2.05) is 18.5 Å². The van der Waals surface area contributed by atoms with Gasteiger partial charge in [0.2, 0.25) is 0 Å². The predicted octanol–water partition coefficient (Wildman–Crippen LogP) is 2.85. The van der Waals surface area contributed by atoms with Crippen molar-refractivity contribution in [1.82, 2.24) is 9.78 Å². The maximum atomic E-state index is 6.15. The molecule has 0 aliphatic rings. The predicted molar refractivity (Wildman–Crippen MR) is 73.3 cm³/mol. The topological polar surface area (TPSA) is 36.3 Å². The Morgan fingerprint density at radius 2 is 2.00 bits per heavy atom. The van der Waals surface area contributed by atoms with E-state index in [9.17, 15) is 0 Å². The van der Waals surface area contributed by atoms with Gasteiger partial charge in [-0.15, -0.1) is 11.6 Å². The standard InChI is InChI=1S/C13H23ClN2O2/c1-10(14)13-11(2)15-16(12(13)3)6-9-18-8-5-7-17-4/h10H,5-9H2,1-4H3. The highest BCUT2D eigenvalue weighted by atomic mass is 35.5.